The summed E-state index contributed by atoms with van der Waals surface area (Å²) in [5, 5.41) is 4.33. The Balaban J connectivity index is 1.58. The van der Waals surface area contributed by atoms with Gasteiger partial charge in [0, 0.05) is 24.5 Å². The topological polar surface area (TPSA) is 50.2 Å². The van der Waals surface area contributed by atoms with Crippen LogP contribution in [0.2, 0.25) is 0 Å². The van der Waals surface area contributed by atoms with Crippen molar-refractivity contribution < 1.29 is 0 Å². The largest absolute Gasteiger partial charge is 0.354 e. The first-order valence-electron chi connectivity index (χ1n) is 9.79. The first-order chi connectivity index (χ1) is 12.3. The average Bonchev–Trinajstić information content (AvgIpc) is 3.01. The van der Waals surface area contributed by atoms with Crippen LogP contribution in [0.5, 0.6) is 0 Å². The zero-order chi connectivity index (χ0) is 17.2. The van der Waals surface area contributed by atoms with E-state index in [0.29, 0.717) is 6.54 Å². The van der Waals surface area contributed by atoms with Gasteiger partial charge < -0.3 is 10.2 Å². The molecular weight excluding hydrogens is 332 g/mol. The second-order valence-electron chi connectivity index (χ2n) is 7.20. The Hall–Kier alpha value is -1.40. The molecule has 136 valence electrons. The molecule has 0 unspecified atom stereocenters. The highest BCUT2D eigenvalue weighted by atomic mass is 32.1. The standard InChI is InChI=1S/C19H28N4OS/c1-2-23-18(24)16-14-8-4-5-9-15(14)25-17(16)21-19(23)20-10-13-22-11-6-3-7-12-22/h2-13H2,1H3,(H,20,21). The number of fused-ring (bicyclic) bond motifs is 3. The zero-order valence-corrected chi connectivity index (χ0v) is 16.0. The Kier molecular flexibility index (Phi) is 5.08. The lowest BCUT2D eigenvalue weighted by Gasteiger charge is -2.26. The van der Waals surface area contributed by atoms with Crippen LogP contribution < -0.4 is 10.9 Å². The minimum atomic E-state index is 0.146. The number of aromatic nitrogens is 2. The predicted molar refractivity (Wildman–Crippen MR) is 105 cm³/mol. The summed E-state index contributed by atoms with van der Waals surface area (Å²) in [6.45, 7) is 6.97. The van der Waals surface area contributed by atoms with Gasteiger partial charge in [-0.1, -0.05) is 6.42 Å². The molecule has 6 heteroatoms. The van der Waals surface area contributed by atoms with E-state index in [4.69, 9.17) is 4.98 Å². The van der Waals surface area contributed by atoms with E-state index >= 15 is 0 Å². The third-order valence-electron chi connectivity index (χ3n) is 5.55. The van der Waals surface area contributed by atoms with Crippen molar-refractivity contribution in [3.8, 4) is 0 Å². The number of anilines is 1. The summed E-state index contributed by atoms with van der Waals surface area (Å²) >= 11 is 1.73. The van der Waals surface area contributed by atoms with E-state index in [2.05, 4.69) is 10.2 Å². The smallest absolute Gasteiger partial charge is 0.263 e. The summed E-state index contributed by atoms with van der Waals surface area (Å²) in [6, 6.07) is 0. The Bertz CT molecular complexity index is 804. The van der Waals surface area contributed by atoms with Crippen molar-refractivity contribution in [3.05, 3.63) is 20.8 Å². The fourth-order valence-corrected chi connectivity index (χ4v) is 5.43. The minimum absolute atomic E-state index is 0.146. The highest BCUT2D eigenvalue weighted by Crippen LogP contribution is 2.34. The van der Waals surface area contributed by atoms with Crippen LogP contribution in [-0.4, -0.2) is 40.6 Å². The number of piperidine rings is 1. The second-order valence-corrected chi connectivity index (χ2v) is 8.29. The first-order valence-corrected chi connectivity index (χ1v) is 10.6. The summed E-state index contributed by atoms with van der Waals surface area (Å²) < 4.78 is 1.82. The lowest BCUT2D eigenvalue weighted by Crippen LogP contribution is -2.34. The lowest BCUT2D eigenvalue weighted by atomic mass is 9.97. The van der Waals surface area contributed by atoms with Crippen LogP contribution in [0.4, 0.5) is 5.95 Å². The molecular formula is C19H28N4OS. The van der Waals surface area contributed by atoms with E-state index in [1.807, 2.05) is 11.5 Å². The van der Waals surface area contributed by atoms with Crippen molar-refractivity contribution in [2.24, 2.45) is 0 Å². The highest BCUT2D eigenvalue weighted by Gasteiger charge is 2.21. The van der Waals surface area contributed by atoms with Gasteiger partial charge in [-0.05, 0) is 64.1 Å². The van der Waals surface area contributed by atoms with Gasteiger partial charge in [0.15, 0.2) is 0 Å². The van der Waals surface area contributed by atoms with Crippen LogP contribution in [0.15, 0.2) is 4.79 Å². The third kappa shape index (κ3) is 3.34. The van der Waals surface area contributed by atoms with Crippen LogP contribution in [0, 0.1) is 0 Å². The van der Waals surface area contributed by atoms with E-state index in [9.17, 15) is 4.79 Å². The van der Waals surface area contributed by atoms with Gasteiger partial charge in [-0.15, -0.1) is 11.3 Å². The monoisotopic (exact) mass is 360 g/mol. The van der Waals surface area contributed by atoms with E-state index in [0.717, 1.165) is 42.1 Å². The second kappa shape index (κ2) is 7.46. The van der Waals surface area contributed by atoms with E-state index in [-0.39, 0.29) is 5.56 Å². The predicted octanol–water partition coefficient (Wildman–Crippen LogP) is 3.25. The molecule has 1 N–H and O–H groups in total. The molecule has 0 spiro atoms. The molecule has 0 aromatic carbocycles. The van der Waals surface area contributed by atoms with E-state index < -0.39 is 0 Å². The van der Waals surface area contributed by atoms with Gasteiger partial charge in [0.25, 0.3) is 5.56 Å². The van der Waals surface area contributed by atoms with Crippen LogP contribution in [0.1, 0.15) is 49.5 Å². The Morgan fingerprint density at radius 2 is 1.92 bits per heavy atom. The molecule has 2 aliphatic rings. The first kappa shape index (κ1) is 17.0. The number of hydrogen-bond donors (Lipinski definition) is 1. The molecule has 2 aromatic rings. The fraction of sp³-hybridized carbons (Fsp3) is 0.684. The Morgan fingerprint density at radius 1 is 1.12 bits per heavy atom. The van der Waals surface area contributed by atoms with Gasteiger partial charge in [-0.2, -0.15) is 0 Å². The number of nitrogens with one attached hydrogen (secondary N) is 1. The molecule has 0 bridgehead atoms. The molecule has 0 saturated carbocycles. The maximum atomic E-state index is 13.1. The van der Waals surface area contributed by atoms with Gasteiger partial charge in [0.05, 0.1) is 5.39 Å². The van der Waals surface area contributed by atoms with E-state index in [1.54, 1.807) is 11.3 Å². The maximum absolute atomic E-state index is 13.1. The van der Waals surface area contributed by atoms with Crippen LogP contribution in [-0.2, 0) is 19.4 Å². The third-order valence-corrected chi connectivity index (χ3v) is 6.74. The Morgan fingerprint density at radius 3 is 2.72 bits per heavy atom. The van der Waals surface area contributed by atoms with Gasteiger partial charge >= 0.3 is 0 Å². The summed E-state index contributed by atoms with van der Waals surface area (Å²) in [6.07, 6.45) is 8.57. The van der Waals surface area contributed by atoms with Gasteiger partial charge in [-0.25, -0.2) is 4.98 Å². The van der Waals surface area contributed by atoms with Crippen LogP contribution in [0.25, 0.3) is 10.2 Å². The molecule has 1 fully saturated rings. The summed E-state index contributed by atoms with van der Waals surface area (Å²) in [7, 11) is 0. The van der Waals surface area contributed by atoms with Gasteiger partial charge in [0.1, 0.15) is 4.83 Å². The molecule has 5 nitrogen and oxygen atoms in total. The molecule has 1 aliphatic heterocycles. The number of hydrogen-bond acceptors (Lipinski definition) is 5. The maximum Gasteiger partial charge on any atom is 0.263 e. The number of rotatable bonds is 5. The quantitative estimate of drug-likeness (QED) is 0.889. The van der Waals surface area contributed by atoms with Gasteiger partial charge in [-0.3, -0.25) is 9.36 Å². The number of likely N-dealkylation sites (tertiary alicyclic amines) is 1. The molecule has 0 radical (unpaired) electrons. The Labute approximate surface area is 153 Å². The molecule has 3 heterocycles. The van der Waals surface area contributed by atoms with Crippen LogP contribution in [0.3, 0.4) is 0 Å². The van der Waals surface area contributed by atoms with Crippen molar-refractivity contribution in [1.29, 1.82) is 0 Å². The minimum Gasteiger partial charge on any atom is -0.354 e. The molecule has 1 aliphatic carbocycles. The van der Waals surface area contributed by atoms with Gasteiger partial charge in [0.2, 0.25) is 5.95 Å². The number of thiophene rings is 1. The van der Waals surface area contributed by atoms with E-state index in [1.165, 1.54) is 55.6 Å². The van der Waals surface area contributed by atoms with Crippen molar-refractivity contribution in [3.63, 3.8) is 0 Å². The highest BCUT2D eigenvalue weighted by molar-refractivity contribution is 7.18. The normalized spacial score (nSPS) is 18.4. The molecule has 4 rings (SSSR count). The molecule has 2 aromatic heterocycles. The summed E-state index contributed by atoms with van der Waals surface area (Å²) in [5.74, 6) is 0.746. The average molecular weight is 361 g/mol. The molecule has 1 saturated heterocycles. The SMILES string of the molecule is CCn1c(NCCN2CCCCC2)nc2sc3c(c2c1=O)CCCC3. The fourth-order valence-electron chi connectivity index (χ4n) is 4.18. The lowest BCUT2D eigenvalue weighted by molar-refractivity contribution is 0.237. The van der Waals surface area contributed by atoms with Crippen LogP contribution >= 0.6 is 11.3 Å². The van der Waals surface area contributed by atoms with Crippen molar-refractivity contribution >= 4 is 27.5 Å². The van der Waals surface area contributed by atoms with Crippen molar-refractivity contribution in [2.75, 3.05) is 31.5 Å². The molecule has 0 amide bonds. The summed E-state index contributed by atoms with van der Waals surface area (Å²) in [5.41, 5.74) is 1.43. The number of aryl methyl sites for hydroxylation is 2. The van der Waals surface area contributed by atoms with Crippen molar-refractivity contribution in [1.82, 2.24) is 14.5 Å². The molecule has 0 atom stereocenters. The molecule has 25 heavy (non-hydrogen) atoms. The van der Waals surface area contributed by atoms with Crippen molar-refractivity contribution in [2.45, 2.75) is 58.4 Å². The number of nitrogens with zero attached hydrogens (tertiary/aromatic N) is 3. The zero-order valence-electron chi connectivity index (χ0n) is 15.1. The summed E-state index contributed by atoms with van der Waals surface area (Å²) in [4.78, 5) is 22.7.